The number of fused-ring (bicyclic) bond motifs is 1. The Morgan fingerprint density at radius 2 is 1.60 bits per heavy atom. The number of methoxy groups -OCH3 is 2. The number of ether oxygens (including phenoxy) is 2. The zero-order valence-corrected chi connectivity index (χ0v) is 21.8. The molecule has 0 N–H and O–H groups in total. The molecule has 0 amide bonds. The highest BCUT2D eigenvalue weighted by molar-refractivity contribution is 6.37. The zero-order chi connectivity index (χ0) is 24.7. The van der Waals surface area contributed by atoms with Gasteiger partial charge in [0.05, 0.1) is 30.3 Å². The molecule has 0 unspecified atom stereocenters. The van der Waals surface area contributed by atoms with Gasteiger partial charge in [-0.15, -0.1) is 0 Å². The maximum Gasteiger partial charge on any atom is 0.161 e. The minimum absolute atomic E-state index is 0.465. The van der Waals surface area contributed by atoms with Gasteiger partial charge in [-0.2, -0.15) is 0 Å². The van der Waals surface area contributed by atoms with Crippen LogP contribution in [-0.4, -0.2) is 66.9 Å². The van der Waals surface area contributed by atoms with Crippen molar-refractivity contribution in [3.63, 3.8) is 0 Å². The molecule has 182 valence electrons. The van der Waals surface area contributed by atoms with Crippen LogP contribution < -0.4 is 14.4 Å². The smallest absolute Gasteiger partial charge is 0.161 e. The molecule has 1 saturated heterocycles. The van der Waals surface area contributed by atoms with E-state index in [1.807, 2.05) is 28.8 Å². The van der Waals surface area contributed by atoms with Gasteiger partial charge in [-0.05, 0) is 42.9 Å². The molecule has 2 aromatic carbocycles. The van der Waals surface area contributed by atoms with Gasteiger partial charge in [0.15, 0.2) is 17.1 Å². The molecule has 0 aliphatic carbocycles. The molecule has 2 aromatic heterocycles. The van der Waals surface area contributed by atoms with Crippen molar-refractivity contribution in [2.45, 2.75) is 0 Å². The van der Waals surface area contributed by atoms with Crippen LogP contribution in [0.15, 0.2) is 42.7 Å². The molecule has 0 radical (unpaired) electrons. The Kier molecular flexibility index (Phi) is 6.68. The lowest BCUT2D eigenvalue weighted by atomic mass is 10.0. The van der Waals surface area contributed by atoms with Gasteiger partial charge in [0, 0.05) is 36.8 Å². The van der Waals surface area contributed by atoms with E-state index >= 15 is 0 Å². The number of piperazine rings is 1. The van der Waals surface area contributed by atoms with E-state index in [1.165, 1.54) is 0 Å². The Balaban J connectivity index is 1.82. The first-order valence-corrected chi connectivity index (χ1v) is 12.2. The van der Waals surface area contributed by atoms with Gasteiger partial charge in [-0.25, -0.2) is 9.97 Å². The Hall–Kier alpha value is -2.71. The van der Waals surface area contributed by atoms with E-state index in [0.717, 1.165) is 48.5 Å². The second-order valence-electron chi connectivity index (χ2n) is 8.35. The van der Waals surface area contributed by atoms with Crippen LogP contribution in [0.2, 0.25) is 15.2 Å². The highest BCUT2D eigenvalue weighted by Gasteiger charge is 2.27. The van der Waals surface area contributed by atoms with Gasteiger partial charge < -0.3 is 19.3 Å². The summed E-state index contributed by atoms with van der Waals surface area (Å²) >= 11 is 19.9. The molecule has 0 saturated carbocycles. The monoisotopic (exact) mass is 531 g/mol. The summed E-state index contributed by atoms with van der Waals surface area (Å²) < 4.78 is 12.9. The quantitative estimate of drug-likeness (QED) is 0.323. The van der Waals surface area contributed by atoms with Crippen LogP contribution in [0.5, 0.6) is 11.5 Å². The van der Waals surface area contributed by atoms with Crippen LogP contribution in [0.3, 0.4) is 0 Å². The predicted octanol–water partition coefficient (Wildman–Crippen LogP) is 5.82. The van der Waals surface area contributed by atoms with Gasteiger partial charge in [0.25, 0.3) is 0 Å². The predicted molar refractivity (Wildman–Crippen MR) is 142 cm³/mol. The molecular formula is C25H24Cl3N5O2. The normalized spacial score (nSPS) is 14.5. The molecule has 0 atom stereocenters. The first kappa shape index (κ1) is 24.0. The molecule has 5 rings (SSSR count). The maximum atomic E-state index is 7.14. The lowest BCUT2D eigenvalue weighted by Crippen LogP contribution is -2.44. The second-order valence-corrected chi connectivity index (χ2v) is 9.55. The van der Waals surface area contributed by atoms with E-state index in [0.29, 0.717) is 38.0 Å². The summed E-state index contributed by atoms with van der Waals surface area (Å²) in [7, 11) is 5.34. The number of halogens is 3. The number of likely N-dealkylation sites (N-methyl/N-ethyl adjacent to an activating group) is 1. The molecule has 10 heteroatoms. The van der Waals surface area contributed by atoms with Crippen LogP contribution in [0.1, 0.15) is 0 Å². The van der Waals surface area contributed by atoms with Crippen molar-refractivity contribution < 1.29 is 9.47 Å². The van der Waals surface area contributed by atoms with Crippen molar-refractivity contribution in [2.75, 3.05) is 52.3 Å². The molecule has 1 aliphatic heterocycles. The SMILES string of the molecule is COc1ccc(-c2c(Cl)n(-c3ccc(Cl)cc3Cl)c3ncnc(N4CCN(C)CC4)c23)cc1OC. The first-order chi connectivity index (χ1) is 16.9. The third-order valence-corrected chi connectivity index (χ3v) is 7.19. The van der Waals surface area contributed by atoms with Gasteiger partial charge in [-0.1, -0.05) is 40.9 Å². The number of nitrogens with zero attached hydrogens (tertiary/aromatic N) is 5. The topological polar surface area (TPSA) is 55.7 Å². The fourth-order valence-corrected chi connectivity index (χ4v) is 5.33. The summed E-state index contributed by atoms with van der Waals surface area (Å²) in [6.07, 6.45) is 1.57. The zero-order valence-electron chi connectivity index (χ0n) is 19.6. The summed E-state index contributed by atoms with van der Waals surface area (Å²) in [5, 5.41) is 2.32. The summed E-state index contributed by atoms with van der Waals surface area (Å²) in [4.78, 5) is 14.0. The third kappa shape index (κ3) is 4.27. The van der Waals surface area contributed by atoms with E-state index in [1.54, 1.807) is 32.7 Å². The van der Waals surface area contributed by atoms with E-state index in [2.05, 4.69) is 21.8 Å². The molecule has 7 nitrogen and oxygen atoms in total. The standard InChI is InChI=1S/C25H24Cl3N5O2/c1-31-8-10-32(11-9-31)24-22-21(15-4-7-19(34-2)20(12-15)35-3)23(28)33(25(22)30-14-29-24)18-6-5-16(26)13-17(18)27/h4-7,12-14H,8-11H2,1-3H3. The number of anilines is 1. The average molecular weight is 533 g/mol. The second kappa shape index (κ2) is 9.74. The molecule has 1 fully saturated rings. The minimum Gasteiger partial charge on any atom is -0.493 e. The number of rotatable bonds is 5. The van der Waals surface area contributed by atoms with E-state index in [9.17, 15) is 0 Å². The van der Waals surface area contributed by atoms with Crippen LogP contribution in [0, 0.1) is 0 Å². The fourth-order valence-electron chi connectivity index (χ4n) is 4.46. The van der Waals surface area contributed by atoms with Crippen molar-refractivity contribution >= 4 is 51.7 Å². The molecule has 0 bridgehead atoms. The number of hydrogen-bond acceptors (Lipinski definition) is 6. The Morgan fingerprint density at radius 3 is 2.29 bits per heavy atom. The lowest BCUT2D eigenvalue weighted by Gasteiger charge is -2.33. The maximum absolute atomic E-state index is 7.14. The Labute approximate surface area is 218 Å². The first-order valence-electron chi connectivity index (χ1n) is 11.1. The average Bonchev–Trinajstić information content (AvgIpc) is 3.16. The molecule has 3 heterocycles. The summed E-state index contributed by atoms with van der Waals surface area (Å²) in [5.74, 6) is 2.07. The van der Waals surface area contributed by atoms with E-state index in [4.69, 9.17) is 49.3 Å². The number of aromatic nitrogens is 3. The van der Waals surface area contributed by atoms with Gasteiger partial charge in [-0.3, -0.25) is 4.57 Å². The van der Waals surface area contributed by atoms with Gasteiger partial charge >= 0.3 is 0 Å². The minimum atomic E-state index is 0.465. The molecule has 0 spiro atoms. The Morgan fingerprint density at radius 1 is 0.857 bits per heavy atom. The van der Waals surface area contributed by atoms with Crippen molar-refractivity contribution in [1.82, 2.24) is 19.4 Å². The summed E-state index contributed by atoms with van der Waals surface area (Å²) in [6, 6.07) is 11.0. The van der Waals surface area contributed by atoms with Crippen LogP contribution >= 0.6 is 34.8 Å². The van der Waals surface area contributed by atoms with Crippen molar-refractivity contribution in [2.24, 2.45) is 0 Å². The van der Waals surface area contributed by atoms with Crippen molar-refractivity contribution in [1.29, 1.82) is 0 Å². The molecule has 35 heavy (non-hydrogen) atoms. The van der Waals surface area contributed by atoms with Crippen molar-refractivity contribution in [3.8, 4) is 28.3 Å². The van der Waals surface area contributed by atoms with Crippen LogP contribution in [0.4, 0.5) is 5.82 Å². The summed E-state index contributed by atoms with van der Waals surface area (Å²) in [6.45, 7) is 3.57. The Bertz CT molecular complexity index is 1400. The largest absolute Gasteiger partial charge is 0.493 e. The van der Waals surface area contributed by atoms with E-state index in [-0.39, 0.29) is 0 Å². The third-order valence-electron chi connectivity index (χ3n) is 6.30. The fraction of sp³-hybridized carbons (Fsp3) is 0.280. The van der Waals surface area contributed by atoms with Gasteiger partial charge in [0.2, 0.25) is 0 Å². The van der Waals surface area contributed by atoms with Crippen LogP contribution in [-0.2, 0) is 0 Å². The van der Waals surface area contributed by atoms with Crippen molar-refractivity contribution in [3.05, 3.63) is 57.9 Å². The molecule has 4 aromatic rings. The van der Waals surface area contributed by atoms with Gasteiger partial charge in [0.1, 0.15) is 17.3 Å². The lowest BCUT2D eigenvalue weighted by molar-refractivity contribution is 0.312. The highest BCUT2D eigenvalue weighted by atomic mass is 35.5. The molecular weight excluding hydrogens is 509 g/mol. The van der Waals surface area contributed by atoms with E-state index < -0.39 is 0 Å². The molecule has 1 aliphatic rings. The van der Waals surface area contributed by atoms with Crippen LogP contribution in [0.25, 0.3) is 27.8 Å². The number of benzene rings is 2. The number of hydrogen-bond donors (Lipinski definition) is 0. The highest BCUT2D eigenvalue weighted by Crippen LogP contribution is 2.45. The summed E-state index contributed by atoms with van der Waals surface area (Å²) in [5.41, 5.74) is 2.99.